The Labute approximate surface area is 402 Å². The van der Waals surface area contributed by atoms with Gasteiger partial charge in [-0.2, -0.15) is 13.2 Å². The summed E-state index contributed by atoms with van der Waals surface area (Å²) in [6, 6.07) is 27.1. The number of benzene rings is 4. The van der Waals surface area contributed by atoms with Crippen LogP contribution in [0.4, 0.5) is 24.5 Å². The highest BCUT2D eigenvalue weighted by Crippen LogP contribution is 2.45. The number of thioether (sulfide) groups is 1. The zero-order valence-electron chi connectivity index (χ0n) is 38.2. The molecule has 4 aromatic carbocycles. The van der Waals surface area contributed by atoms with Gasteiger partial charge in [0, 0.05) is 85.3 Å². The third-order valence-corrected chi connectivity index (χ3v) is 17.6. The molecule has 7 rings (SSSR count). The summed E-state index contributed by atoms with van der Waals surface area (Å²) < 4.78 is 95.3. The van der Waals surface area contributed by atoms with Crippen LogP contribution in [0.1, 0.15) is 62.4 Å². The first-order valence-electron chi connectivity index (χ1n) is 22.7. The number of piperazine rings is 1. The van der Waals surface area contributed by atoms with Crippen molar-refractivity contribution in [2.45, 2.75) is 67.8 Å². The summed E-state index contributed by atoms with van der Waals surface area (Å²) in [7, 11) is -10.5. The van der Waals surface area contributed by atoms with Crippen molar-refractivity contribution >= 4 is 68.9 Å². The summed E-state index contributed by atoms with van der Waals surface area (Å²) in [5, 5.41) is 5.83. The lowest BCUT2D eigenvalue weighted by atomic mass is 9.73. The maximum Gasteiger partial charge on any atom is 0.501 e. The zero-order valence-corrected chi connectivity index (χ0v) is 41.5. The highest BCUT2D eigenvalue weighted by molar-refractivity contribution is 7.99. The van der Waals surface area contributed by atoms with Crippen LogP contribution in [0.15, 0.2) is 112 Å². The van der Waals surface area contributed by atoms with Gasteiger partial charge in [-0.3, -0.25) is 24.2 Å². The number of hydrogen-bond donors (Lipinski definition) is 2. The molecule has 2 heterocycles. The lowest BCUT2D eigenvalue weighted by molar-refractivity contribution is -0.0435. The molecule has 0 aromatic heterocycles. The summed E-state index contributed by atoms with van der Waals surface area (Å²) >= 11 is 7.69. The van der Waals surface area contributed by atoms with E-state index in [9.17, 15) is 30.9 Å². The topological polar surface area (TPSA) is 121 Å². The van der Waals surface area contributed by atoms with Gasteiger partial charge in [-0.05, 0) is 116 Å². The maximum absolute atomic E-state index is 14.5. The Morgan fingerprint density at radius 2 is 1.61 bits per heavy atom. The summed E-state index contributed by atoms with van der Waals surface area (Å²) in [6.45, 7) is 13.3. The molecule has 2 saturated heterocycles. The van der Waals surface area contributed by atoms with E-state index in [1.54, 1.807) is 24.3 Å². The number of nitrogens with zero attached hydrogens (tertiary/aromatic N) is 3. The number of allylic oxidation sites excluding steroid dienone is 1. The Morgan fingerprint density at radius 3 is 2.27 bits per heavy atom. The lowest BCUT2D eigenvalue weighted by Gasteiger charge is -2.39. The second kappa shape index (κ2) is 22.3. The highest BCUT2D eigenvalue weighted by atomic mass is 35.5. The van der Waals surface area contributed by atoms with Crippen LogP contribution in [-0.2, 0) is 23.7 Å². The number of hydrogen-bond acceptors (Lipinski definition) is 11. The van der Waals surface area contributed by atoms with E-state index in [1.165, 1.54) is 47.5 Å². The van der Waals surface area contributed by atoms with Crippen LogP contribution >= 0.6 is 30.9 Å². The molecule has 2 aliphatic heterocycles. The molecule has 0 bridgehead atoms. The fourth-order valence-corrected chi connectivity index (χ4v) is 12.7. The van der Waals surface area contributed by atoms with Crippen LogP contribution in [-0.4, -0.2) is 114 Å². The summed E-state index contributed by atoms with van der Waals surface area (Å²) in [6.07, 6.45) is 3.68. The molecule has 18 heteroatoms. The van der Waals surface area contributed by atoms with E-state index in [-0.39, 0.29) is 23.3 Å². The smallest absolute Gasteiger partial charge is 0.380 e. The molecular formula is C49H60ClF3N5O6PS2. The minimum absolute atomic E-state index is 0.143. The molecule has 4 aromatic rings. The molecule has 2 N–H and O–H groups in total. The maximum atomic E-state index is 14.5. The highest BCUT2D eigenvalue weighted by Gasteiger charge is 2.49. The quantitative estimate of drug-likeness (QED) is 0.0733. The van der Waals surface area contributed by atoms with Crippen molar-refractivity contribution in [3.63, 3.8) is 0 Å². The Balaban J connectivity index is 1.05. The number of carbonyl (C=O) groups excluding carboxylic acids is 1. The van der Waals surface area contributed by atoms with Crippen molar-refractivity contribution in [3.05, 3.63) is 119 Å². The van der Waals surface area contributed by atoms with E-state index >= 15 is 0 Å². The summed E-state index contributed by atoms with van der Waals surface area (Å²) in [4.78, 5) is 20.5. The number of morpholine rings is 1. The Morgan fingerprint density at radius 1 is 0.925 bits per heavy atom. The van der Waals surface area contributed by atoms with Crippen LogP contribution in [0.3, 0.4) is 0 Å². The SMILES string of the molecule is CCOP(=O)(NC(=O)c1ccc(N2CCN(CC3=C(c4ccc(Cl)cc4)CCC(C)(C)C3)CC2)cc1)c1ccc(N[C@H](CCN2CCOCC2)CSc2ccccc2)c(S(=O)(=O)C(F)(F)F)c1. The van der Waals surface area contributed by atoms with E-state index in [0.29, 0.717) is 51.1 Å². The van der Waals surface area contributed by atoms with Crippen LogP contribution in [0.2, 0.25) is 5.02 Å². The lowest BCUT2D eigenvalue weighted by Crippen LogP contribution is -2.47. The first-order valence-corrected chi connectivity index (χ1v) is 27.2. The van der Waals surface area contributed by atoms with Crippen molar-refractivity contribution in [1.29, 1.82) is 0 Å². The molecule has 1 amide bonds. The van der Waals surface area contributed by atoms with Crippen LogP contribution < -0.4 is 20.6 Å². The number of carbonyl (C=O) groups is 1. The van der Waals surface area contributed by atoms with Gasteiger partial charge in [0.25, 0.3) is 15.7 Å². The van der Waals surface area contributed by atoms with Crippen LogP contribution in [0.25, 0.3) is 5.57 Å². The average Bonchev–Trinajstić information content (AvgIpc) is 3.31. The Kier molecular flexibility index (Phi) is 16.9. The summed E-state index contributed by atoms with van der Waals surface area (Å²) in [5.74, 6) is -0.384. The molecule has 11 nitrogen and oxygen atoms in total. The fourth-order valence-electron chi connectivity index (χ4n) is 8.83. The minimum atomic E-state index is -5.98. The number of nitrogens with one attached hydrogen (secondary N) is 2. The molecule has 2 fully saturated rings. The predicted molar refractivity (Wildman–Crippen MR) is 264 cm³/mol. The molecule has 3 aliphatic rings. The van der Waals surface area contributed by atoms with E-state index < -0.39 is 45.0 Å². The van der Waals surface area contributed by atoms with Crippen molar-refractivity contribution in [2.75, 3.05) is 88.1 Å². The molecule has 0 saturated carbocycles. The van der Waals surface area contributed by atoms with Gasteiger partial charge in [-0.25, -0.2) is 8.42 Å². The van der Waals surface area contributed by atoms with Crippen LogP contribution in [0, 0.1) is 5.41 Å². The van der Waals surface area contributed by atoms with E-state index in [0.717, 1.165) is 67.6 Å². The predicted octanol–water partition coefficient (Wildman–Crippen LogP) is 10.00. The van der Waals surface area contributed by atoms with Gasteiger partial charge < -0.3 is 19.5 Å². The number of alkyl halides is 3. The van der Waals surface area contributed by atoms with Crippen molar-refractivity contribution in [1.82, 2.24) is 14.9 Å². The number of anilines is 2. The average molecular weight is 1000 g/mol. The largest absolute Gasteiger partial charge is 0.501 e. The van der Waals surface area contributed by atoms with Crippen molar-refractivity contribution < 1.29 is 40.2 Å². The third-order valence-electron chi connectivity index (χ3n) is 12.6. The molecule has 1 unspecified atom stereocenters. The molecule has 2 atom stereocenters. The Bertz CT molecular complexity index is 2500. The Hall–Kier alpha value is -3.86. The van der Waals surface area contributed by atoms with Gasteiger partial charge in [0.2, 0.25) is 0 Å². The van der Waals surface area contributed by atoms with Crippen molar-refractivity contribution in [3.8, 4) is 0 Å². The summed E-state index contributed by atoms with van der Waals surface area (Å²) in [5.41, 5.74) is -0.595. The van der Waals surface area contributed by atoms with E-state index in [1.807, 2.05) is 42.5 Å². The zero-order chi connectivity index (χ0) is 47.8. The van der Waals surface area contributed by atoms with E-state index in [4.69, 9.17) is 20.9 Å². The first-order chi connectivity index (χ1) is 31.9. The number of amides is 1. The van der Waals surface area contributed by atoms with Gasteiger partial charge in [0.1, 0.15) is 4.90 Å². The van der Waals surface area contributed by atoms with Crippen LogP contribution in [0.5, 0.6) is 0 Å². The van der Waals surface area contributed by atoms with Gasteiger partial charge in [-0.15, -0.1) is 11.8 Å². The molecule has 0 radical (unpaired) electrons. The minimum Gasteiger partial charge on any atom is -0.380 e. The van der Waals surface area contributed by atoms with E-state index in [2.05, 4.69) is 51.1 Å². The number of sulfone groups is 1. The van der Waals surface area contributed by atoms with Gasteiger partial charge in [0.05, 0.1) is 30.8 Å². The number of ether oxygens (including phenoxy) is 1. The molecular weight excluding hydrogens is 942 g/mol. The van der Waals surface area contributed by atoms with Gasteiger partial charge in [0.15, 0.2) is 0 Å². The van der Waals surface area contributed by atoms with Gasteiger partial charge >= 0.3 is 13.0 Å². The molecule has 67 heavy (non-hydrogen) atoms. The van der Waals surface area contributed by atoms with Gasteiger partial charge in [-0.1, -0.05) is 61.4 Å². The molecule has 1 aliphatic carbocycles. The fraction of sp³-hybridized carbons (Fsp3) is 0.449. The standard InChI is InChI=1S/C49H60ClF3N5O6PS2/c1-4-64-65(60,42-18-19-45(46(32-42)67(61,62)49(51,52)53)54-40(21-23-56-28-30-63-31-29-56)35-66-43-8-6-5-7-9-43)55-47(59)37-12-16-41(17-13-37)58-26-24-57(25-27-58)34-38-33-48(2,3)22-20-44(38)36-10-14-39(50)15-11-36/h5-19,32,40,54H,4,20-31,33-35H2,1-3H3,(H,55,59,60)/t40-,65?/m1/s1. The third kappa shape index (κ3) is 13.3. The number of halogens is 4. The number of rotatable bonds is 18. The second-order valence-electron chi connectivity index (χ2n) is 18.0. The molecule has 362 valence electrons. The monoisotopic (exact) mass is 1000 g/mol. The first kappa shape index (κ1) is 51.0. The van der Waals surface area contributed by atoms with Crippen molar-refractivity contribution in [2.24, 2.45) is 5.41 Å². The molecule has 0 spiro atoms. The second-order valence-corrected chi connectivity index (χ2v) is 23.5. The normalized spacial score (nSPS) is 18.9.